The summed E-state index contributed by atoms with van der Waals surface area (Å²) in [4.78, 5) is 31.3. The predicted molar refractivity (Wildman–Crippen MR) is 117 cm³/mol. The fourth-order valence-electron chi connectivity index (χ4n) is 3.81. The summed E-state index contributed by atoms with van der Waals surface area (Å²) >= 11 is 6.60. The molecule has 1 spiro atoms. The molecule has 0 radical (unpaired) electrons. The summed E-state index contributed by atoms with van der Waals surface area (Å²) in [6.45, 7) is 10.8. The summed E-state index contributed by atoms with van der Waals surface area (Å²) < 4.78 is 5.95. The van der Waals surface area contributed by atoms with Gasteiger partial charge in [-0.3, -0.25) is 9.59 Å². The lowest BCUT2D eigenvalue weighted by Gasteiger charge is -2.39. The van der Waals surface area contributed by atoms with Crippen LogP contribution in [0.2, 0.25) is 5.02 Å². The smallest absolute Gasteiger partial charge is 0.316 e. The molecule has 1 amide bonds. The third-order valence-electron chi connectivity index (χ3n) is 5.81. The van der Waals surface area contributed by atoms with E-state index in [1.54, 1.807) is 27.9 Å². The molecule has 0 bridgehead atoms. The summed E-state index contributed by atoms with van der Waals surface area (Å²) in [5.74, 6) is 0.0416. The number of rotatable bonds is 4. The highest BCUT2D eigenvalue weighted by molar-refractivity contribution is 6.35. The van der Waals surface area contributed by atoms with Crippen LogP contribution in [0, 0.1) is 5.41 Å². The van der Waals surface area contributed by atoms with Crippen molar-refractivity contribution >= 4 is 29.1 Å². The minimum atomic E-state index is -0.748. The van der Waals surface area contributed by atoms with Gasteiger partial charge in [-0.25, -0.2) is 0 Å². The van der Waals surface area contributed by atoms with E-state index < -0.39 is 11.0 Å². The molecule has 1 saturated heterocycles. The van der Waals surface area contributed by atoms with Crippen molar-refractivity contribution < 1.29 is 19.2 Å². The van der Waals surface area contributed by atoms with Crippen LogP contribution in [0.5, 0.6) is 0 Å². The van der Waals surface area contributed by atoms with Crippen LogP contribution in [-0.4, -0.2) is 42.7 Å². The zero-order valence-corrected chi connectivity index (χ0v) is 19.4. The lowest BCUT2D eigenvalue weighted by Crippen LogP contribution is -2.53. The van der Waals surface area contributed by atoms with Crippen molar-refractivity contribution in [2.45, 2.75) is 58.9 Å². The van der Waals surface area contributed by atoms with E-state index in [-0.39, 0.29) is 11.9 Å². The van der Waals surface area contributed by atoms with E-state index in [0.29, 0.717) is 53.8 Å². The number of ether oxygens (including phenoxy) is 1. The minimum absolute atomic E-state index is 0.267. The number of amides is 1. The number of benzene rings is 1. The minimum Gasteiger partial charge on any atom is -0.427 e. The maximum absolute atomic E-state index is 13.1. The highest BCUT2D eigenvalue weighted by Gasteiger charge is 2.50. The number of halogens is 1. The van der Waals surface area contributed by atoms with Crippen LogP contribution in [0.25, 0.3) is 5.57 Å². The standard InChI is InChI=1S/C23H31ClN2O4/c1-14(2)15-7-8-16(17(24)13-15)18-19(30-21(28)22(3,4)5)23(25-20(18)27)9-11-26(29-6)12-10-23/h7-8,13-14H,9-12H2,1-6H3,(H,25,27). The molecule has 7 heteroatoms. The average molecular weight is 435 g/mol. The summed E-state index contributed by atoms with van der Waals surface area (Å²) in [6, 6.07) is 5.69. The Morgan fingerprint density at radius 1 is 1.23 bits per heavy atom. The lowest BCUT2D eigenvalue weighted by atomic mass is 9.85. The highest BCUT2D eigenvalue weighted by atomic mass is 35.5. The van der Waals surface area contributed by atoms with Gasteiger partial charge in [0.25, 0.3) is 5.91 Å². The van der Waals surface area contributed by atoms with Crippen molar-refractivity contribution in [3.8, 4) is 0 Å². The molecule has 164 valence electrons. The Morgan fingerprint density at radius 2 is 1.87 bits per heavy atom. The number of hydrogen-bond acceptors (Lipinski definition) is 5. The molecule has 30 heavy (non-hydrogen) atoms. The van der Waals surface area contributed by atoms with E-state index in [0.717, 1.165) is 5.56 Å². The van der Waals surface area contributed by atoms with Gasteiger partial charge in [0.05, 0.1) is 18.1 Å². The van der Waals surface area contributed by atoms with Gasteiger partial charge in [-0.1, -0.05) is 37.6 Å². The van der Waals surface area contributed by atoms with Gasteiger partial charge in [-0.05, 0) is 51.2 Å². The van der Waals surface area contributed by atoms with Gasteiger partial charge >= 0.3 is 5.97 Å². The first-order valence-corrected chi connectivity index (χ1v) is 10.7. The SMILES string of the molecule is CON1CCC2(CC1)NC(=O)C(c1ccc(C(C)C)cc1Cl)=C2OC(=O)C(C)(C)C. The van der Waals surface area contributed by atoms with Crippen LogP contribution in [0.15, 0.2) is 24.0 Å². The molecule has 3 rings (SSSR count). The number of piperidine rings is 1. The first-order chi connectivity index (χ1) is 14.0. The van der Waals surface area contributed by atoms with Gasteiger partial charge in [0.15, 0.2) is 0 Å². The second kappa shape index (κ2) is 8.33. The molecule has 1 fully saturated rings. The quantitative estimate of drug-likeness (QED) is 0.716. The molecule has 0 atom stereocenters. The average Bonchev–Trinajstić information content (AvgIpc) is 2.92. The number of hydrogen-bond donors (Lipinski definition) is 1. The Hall–Kier alpha value is -1.89. The molecule has 0 unspecified atom stereocenters. The Balaban J connectivity index is 2.11. The van der Waals surface area contributed by atoms with Crippen LogP contribution in [-0.2, 0) is 19.2 Å². The number of hydroxylamine groups is 2. The van der Waals surface area contributed by atoms with Crippen molar-refractivity contribution in [1.29, 1.82) is 0 Å². The normalized spacial score (nSPS) is 19.5. The first kappa shape index (κ1) is 22.8. The molecule has 1 aromatic carbocycles. The summed E-state index contributed by atoms with van der Waals surface area (Å²) in [6.07, 6.45) is 1.15. The predicted octanol–water partition coefficient (Wildman–Crippen LogP) is 4.29. The third kappa shape index (κ3) is 4.27. The summed E-state index contributed by atoms with van der Waals surface area (Å²) in [5.41, 5.74) is 0.561. The molecule has 1 N–H and O–H groups in total. The van der Waals surface area contributed by atoms with Crippen molar-refractivity contribution in [3.63, 3.8) is 0 Å². The van der Waals surface area contributed by atoms with Crippen LogP contribution in [0.4, 0.5) is 0 Å². The van der Waals surface area contributed by atoms with Crippen molar-refractivity contribution in [3.05, 3.63) is 40.1 Å². The van der Waals surface area contributed by atoms with Gasteiger partial charge in [0.1, 0.15) is 11.3 Å². The molecule has 2 aliphatic rings. The Bertz CT molecular complexity index is 878. The molecular weight excluding hydrogens is 404 g/mol. The van der Waals surface area contributed by atoms with Gasteiger partial charge in [-0.2, -0.15) is 5.06 Å². The maximum Gasteiger partial charge on any atom is 0.316 e. The molecule has 6 nitrogen and oxygen atoms in total. The highest BCUT2D eigenvalue weighted by Crippen LogP contribution is 2.43. The molecule has 2 aliphatic heterocycles. The van der Waals surface area contributed by atoms with Crippen LogP contribution in [0.3, 0.4) is 0 Å². The topological polar surface area (TPSA) is 67.9 Å². The Labute approximate surface area is 183 Å². The van der Waals surface area contributed by atoms with Gasteiger partial charge < -0.3 is 14.9 Å². The zero-order valence-electron chi connectivity index (χ0n) is 18.6. The van der Waals surface area contributed by atoms with Crippen LogP contribution >= 0.6 is 11.6 Å². The second-order valence-corrected chi connectivity index (χ2v) is 9.79. The van der Waals surface area contributed by atoms with Gasteiger partial charge in [0, 0.05) is 23.7 Å². The number of carbonyl (C=O) groups is 2. The van der Waals surface area contributed by atoms with Crippen LogP contribution in [0.1, 0.15) is 64.5 Å². The van der Waals surface area contributed by atoms with Crippen molar-refractivity contribution in [1.82, 2.24) is 10.4 Å². The largest absolute Gasteiger partial charge is 0.427 e. The third-order valence-corrected chi connectivity index (χ3v) is 6.12. The lowest BCUT2D eigenvalue weighted by molar-refractivity contribution is -0.159. The fourth-order valence-corrected chi connectivity index (χ4v) is 4.10. The molecule has 1 aromatic rings. The van der Waals surface area contributed by atoms with Gasteiger partial charge in [-0.15, -0.1) is 0 Å². The van der Waals surface area contributed by atoms with Crippen molar-refractivity contribution in [2.24, 2.45) is 5.41 Å². The van der Waals surface area contributed by atoms with Crippen molar-refractivity contribution in [2.75, 3.05) is 20.2 Å². The monoisotopic (exact) mass is 434 g/mol. The number of carbonyl (C=O) groups excluding carboxylic acids is 2. The fraction of sp³-hybridized carbons (Fsp3) is 0.565. The molecule has 0 aromatic heterocycles. The Kier molecular flexibility index (Phi) is 6.33. The van der Waals surface area contributed by atoms with Crippen LogP contribution < -0.4 is 5.32 Å². The van der Waals surface area contributed by atoms with E-state index in [9.17, 15) is 9.59 Å². The molecular formula is C23H31ClN2O4. The maximum atomic E-state index is 13.1. The van der Waals surface area contributed by atoms with E-state index in [1.165, 1.54) is 0 Å². The second-order valence-electron chi connectivity index (χ2n) is 9.39. The molecule has 2 heterocycles. The van der Waals surface area contributed by atoms with E-state index in [2.05, 4.69) is 19.2 Å². The van der Waals surface area contributed by atoms with E-state index in [1.807, 2.05) is 23.3 Å². The number of nitrogens with zero attached hydrogens (tertiary/aromatic N) is 1. The molecule has 0 saturated carbocycles. The summed E-state index contributed by atoms with van der Waals surface area (Å²) in [7, 11) is 1.63. The van der Waals surface area contributed by atoms with Gasteiger partial charge in [0.2, 0.25) is 0 Å². The van der Waals surface area contributed by atoms with E-state index in [4.69, 9.17) is 21.2 Å². The van der Waals surface area contributed by atoms with E-state index >= 15 is 0 Å². The Morgan fingerprint density at radius 3 is 2.37 bits per heavy atom. The zero-order chi connectivity index (χ0) is 22.3. The molecule has 0 aliphatic carbocycles. The summed E-state index contributed by atoms with van der Waals surface area (Å²) in [5, 5.41) is 5.41. The first-order valence-electron chi connectivity index (χ1n) is 10.4. The number of esters is 1. The number of nitrogens with one attached hydrogen (secondary N) is 1.